The van der Waals surface area contributed by atoms with Crippen molar-refractivity contribution < 1.29 is 13.2 Å². The maximum atomic E-state index is 13.6. The number of nitrogens with zero attached hydrogens (tertiary/aromatic N) is 3. The SMILES string of the molecule is CN(CCC1CCCO1)c1ncc(Br)cc1S(=O)(=O)N1CCC(c2ccccc2)CC1. The molecular formula is C23H30BrN3O3S. The van der Waals surface area contributed by atoms with Crippen molar-refractivity contribution in [2.24, 2.45) is 0 Å². The Morgan fingerprint density at radius 3 is 2.61 bits per heavy atom. The number of pyridine rings is 1. The topological polar surface area (TPSA) is 62.7 Å². The first-order valence-electron chi connectivity index (χ1n) is 11.0. The fraction of sp³-hybridized carbons (Fsp3) is 0.522. The van der Waals surface area contributed by atoms with Crippen molar-refractivity contribution in [2.75, 3.05) is 38.2 Å². The van der Waals surface area contributed by atoms with Gasteiger partial charge in [-0.2, -0.15) is 4.31 Å². The van der Waals surface area contributed by atoms with Gasteiger partial charge in [-0.05, 0) is 65.6 Å². The van der Waals surface area contributed by atoms with Gasteiger partial charge >= 0.3 is 0 Å². The predicted octanol–water partition coefficient (Wildman–Crippen LogP) is 4.42. The zero-order chi connectivity index (χ0) is 21.8. The monoisotopic (exact) mass is 507 g/mol. The molecule has 6 nitrogen and oxygen atoms in total. The summed E-state index contributed by atoms with van der Waals surface area (Å²) < 4.78 is 35.2. The number of sulfonamides is 1. The number of halogens is 1. The van der Waals surface area contributed by atoms with Crippen LogP contribution in [0.5, 0.6) is 0 Å². The van der Waals surface area contributed by atoms with Crippen LogP contribution in [0.2, 0.25) is 0 Å². The van der Waals surface area contributed by atoms with Gasteiger partial charge in [0.25, 0.3) is 0 Å². The average Bonchev–Trinajstić information content (AvgIpc) is 3.32. The number of rotatable bonds is 7. The molecule has 0 N–H and O–H groups in total. The Morgan fingerprint density at radius 1 is 1.19 bits per heavy atom. The number of hydrogen-bond donors (Lipinski definition) is 0. The van der Waals surface area contributed by atoms with E-state index < -0.39 is 10.0 Å². The van der Waals surface area contributed by atoms with Gasteiger partial charge in [0.2, 0.25) is 10.0 Å². The standard InChI is InChI=1S/C23H30BrN3O3S/c1-26(12-11-21-8-5-15-30-21)23-22(16-20(24)17-25-23)31(28,29)27-13-9-19(10-14-27)18-6-3-2-4-7-18/h2-4,6-7,16-17,19,21H,5,8-15H2,1H3. The van der Waals surface area contributed by atoms with E-state index in [2.05, 4.69) is 33.0 Å². The Bertz CT molecular complexity index is 973. The molecular weight excluding hydrogens is 478 g/mol. The molecule has 0 amide bonds. The van der Waals surface area contributed by atoms with Gasteiger partial charge in [0.15, 0.2) is 0 Å². The van der Waals surface area contributed by atoms with Crippen LogP contribution in [0, 0.1) is 0 Å². The van der Waals surface area contributed by atoms with Crippen molar-refractivity contribution in [2.45, 2.75) is 49.0 Å². The maximum absolute atomic E-state index is 13.6. The maximum Gasteiger partial charge on any atom is 0.246 e. The van der Waals surface area contributed by atoms with Gasteiger partial charge in [0.05, 0.1) is 6.10 Å². The molecule has 2 aromatic rings. The summed E-state index contributed by atoms with van der Waals surface area (Å²) in [5.74, 6) is 0.910. The van der Waals surface area contributed by atoms with Crippen LogP contribution < -0.4 is 4.90 Å². The Labute approximate surface area is 193 Å². The second-order valence-corrected chi connectivity index (χ2v) is 11.2. The third-order valence-electron chi connectivity index (χ3n) is 6.31. The summed E-state index contributed by atoms with van der Waals surface area (Å²) in [6.45, 7) is 2.57. The van der Waals surface area contributed by atoms with Crippen molar-refractivity contribution >= 4 is 31.8 Å². The summed E-state index contributed by atoms with van der Waals surface area (Å²) in [4.78, 5) is 6.69. The van der Waals surface area contributed by atoms with Crippen LogP contribution in [0.1, 0.15) is 43.6 Å². The van der Waals surface area contributed by atoms with E-state index in [9.17, 15) is 8.42 Å². The summed E-state index contributed by atoms with van der Waals surface area (Å²) in [6.07, 6.45) is 6.63. The van der Waals surface area contributed by atoms with Crippen LogP contribution in [0.4, 0.5) is 5.82 Å². The van der Waals surface area contributed by atoms with Gasteiger partial charge in [0, 0.05) is 44.0 Å². The zero-order valence-corrected chi connectivity index (χ0v) is 20.3. The molecule has 4 rings (SSSR count). The van der Waals surface area contributed by atoms with Crippen LogP contribution in [0.15, 0.2) is 52.0 Å². The van der Waals surface area contributed by atoms with Crippen molar-refractivity contribution in [1.29, 1.82) is 0 Å². The Morgan fingerprint density at radius 2 is 1.94 bits per heavy atom. The molecule has 31 heavy (non-hydrogen) atoms. The van der Waals surface area contributed by atoms with Crippen molar-refractivity contribution in [3.8, 4) is 0 Å². The molecule has 1 unspecified atom stereocenters. The first-order chi connectivity index (χ1) is 14.9. The summed E-state index contributed by atoms with van der Waals surface area (Å²) in [5.41, 5.74) is 1.29. The first kappa shape index (κ1) is 22.7. The highest BCUT2D eigenvalue weighted by Crippen LogP contribution is 2.34. The van der Waals surface area contributed by atoms with Gasteiger partial charge in [-0.1, -0.05) is 30.3 Å². The minimum atomic E-state index is -3.64. The lowest BCUT2D eigenvalue weighted by atomic mass is 9.90. The molecule has 0 spiro atoms. The van der Waals surface area contributed by atoms with E-state index >= 15 is 0 Å². The van der Waals surface area contributed by atoms with Crippen LogP contribution in [-0.2, 0) is 14.8 Å². The quantitative estimate of drug-likeness (QED) is 0.554. The molecule has 2 saturated heterocycles. The molecule has 1 atom stereocenters. The first-order valence-corrected chi connectivity index (χ1v) is 13.2. The Balaban J connectivity index is 1.49. The fourth-order valence-corrected chi connectivity index (χ4v) is 6.67. The molecule has 2 aliphatic heterocycles. The molecule has 0 radical (unpaired) electrons. The predicted molar refractivity (Wildman–Crippen MR) is 126 cm³/mol. The zero-order valence-electron chi connectivity index (χ0n) is 17.9. The Hall–Kier alpha value is -1.48. The van der Waals surface area contributed by atoms with Gasteiger partial charge in [-0.15, -0.1) is 0 Å². The number of anilines is 1. The number of benzene rings is 1. The molecule has 168 valence electrons. The molecule has 8 heteroatoms. The summed E-state index contributed by atoms with van der Waals surface area (Å²) >= 11 is 3.41. The molecule has 2 aliphatic rings. The average molecular weight is 508 g/mol. The normalized spacial score (nSPS) is 20.8. The Kier molecular flexibility index (Phi) is 7.31. The number of piperidine rings is 1. The second kappa shape index (κ2) is 9.98. The van der Waals surface area contributed by atoms with Gasteiger partial charge in [-0.3, -0.25) is 0 Å². The third-order valence-corrected chi connectivity index (χ3v) is 8.65. The van der Waals surface area contributed by atoms with Crippen LogP contribution in [0.25, 0.3) is 0 Å². The second-order valence-electron chi connectivity index (χ2n) is 8.41. The van der Waals surface area contributed by atoms with E-state index in [0.717, 1.165) is 38.7 Å². The molecule has 1 aromatic carbocycles. The lowest BCUT2D eigenvalue weighted by molar-refractivity contribution is 0.106. The van der Waals surface area contributed by atoms with Gasteiger partial charge in [-0.25, -0.2) is 13.4 Å². The number of ether oxygens (including phenoxy) is 1. The van der Waals surface area contributed by atoms with Crippen LogP contribution in [0.3, 0.4) is 0 Å². The molecule has 3 heterocycles. The number of hydrogen-bond acceptors (Lipinski definition) is 5. The summed E-state index contributed by atoms with van der Waals surface area (Å²) in [7, 11) is -1.73. The molecule has 2 fully saturated rings. The van der Waals surface area contributed by atoms with Crippen molar-refractivity contribution in [3.63, 3.8) is 0 Å². The third kappa shape index (κ3) is 5.30. The lowest BCUT2D eigenvalue weighted by Crippen LogP contribution is -2.38. The molecule has 1 aromatic heterocycles. The van der Waals surface area contributed by atoms with E-state index in [-0.39, 0.29) is 11.0 Å². The highest BCUT2D eigenvalue weighted by molar-refractivity contribution is 9.10. The molecule has 0 aliphatic carbocycles. The van der Waals surface area contributed by atoms with Crippen LogP contribution >= 0.6 is 15.9 Å². The van der Waals surface area contributed by atoms with Crippen molar-refractivity contribution in [3.05, 3.63) is 52.6 Å². The lowest BCUT2D eigenvalue weighted by Gasteiger charge is -2.32. The molecule has 0 saturated carbocycles. The fourth-order valence-electron chi connectivity index (χ4n) is 4.50. The highest BCUT2D eigenvalue weighted by Gasteiger charge is 2.33. The number of aromatic nitrogens is 1. The van der Waals surface area contributed by atoms with E-state index in [0.29, 0.717) is 35.8 Å². The van der Waals surface area contributed by atoms with E-state index in [1.54, 1.807) is 16.6 Å². The van der Waals surface area contributed by atoms with Crippen molar-refractivity contribution in [1.82, 2.24) is 9.29 Å². The van der Waals surface area contributed by atoms with E-state index in [1.807, 2.05) is 30.1 Å². The smallest absolute Gasteiger partial charge is 0.246 e. The highest BCUT2D eigenvalue weighted by atomic mass is 79.9. The van der Waals surface area contributed by atoms with Gasteiger partial charge in [0.1, 0.15) is 10.7 Å². The van der Waals surface area contributed by atoms with E-state index in [4.69, 9.17) is 4.74 Å². The van der Waals surface area contributed by atoms with Gasteiger partial charge < -0.3 is 9.64 Å². The summed E-state index contributed by atoms with van der Waals surface area (Å²) in [5, 5.41) is 0. The van der Waals surface area contributed by atoms with Crippen LogP contribution in [-0.4, -0.2) is 57.1 Å². The largest absolute Gasteiger partial charge is 0.378 e. The van der Waals surface area contributed by atoms with E-state index in [1.165, 1.54) is 5.56 Å². The molecule has 0 bridgehead atoms. The summed E-state index contributed by atoms with van der Waals surface area (Å²) in [6, 6.07) is 12.1. The minimum Gasteiger partial charge on any atom is -0.378 e. The minimum absolute atomic E-state index is 0.259.